The molecule has 1 N–H and O–H groups in total. The quantitative estimate of drug-likeness (QED) is 0.495. The molecule has 0 fully saturated rings. The number of hydrogen-bond acceptors (Lipinski definition) is 5. The van der Waals surface area contributed by atoms with Gasteiger partial charge in [-0.25, -0.2) is 4.98 Å². The maximum absolute atomic E-state index is 12.7. The van der Waals surface area contributed by atoms with Crippen LogP contribution in [0, 0.1) is 6.92 Å². The van der Waals surface area contributed by atoms with Gasteiger partial charge in [0.25, 0.3) is 5.91 Å². The number of hydrogen-bond donors (Lipinski definition) is 1. The average molecular weight is 421 g/mol. The van der Waals surface area contributed by atoms with Crippen molar-refractivity contribution in [2.45, 2.75) is 27.2 Å². The highest BCUT2D eigenvalue weighted by Gasteiger charge is 2.19. The fourth-order valence-corrected chi connectivity index (χ4v) is 3.45. The topological polar surface area (TPSA) is 82.2 Å². The van der Waals surface area contributed by atoms with Gasteiger partial charge < -0.3 is 14.5 Å². The van der Waals surface area contributed by atoms with Crippen molar-refractivity contribution in [3.63, 3.8) is 0 Å². The fraction of sp³-hybridized carbons (Fsp3) is 0.292. The van der Waals surface area contributed by atoms with Crippen molar-refractivity contribution >= 4 is 16.8 Å². The van der Waals surface area contributed by atoms with E-state index in [0.717, 1.165) is 33.3 Å². The van der Waals surface area contributed by atoms with Gasteiger partial charge in [-0.2, -0.15) is 5.10 Å². The second kappa shape index (κ2) is 9.93. The van der Waals surface area contributed by atoms with E-state index in [4.69, 9.17) is 9.15 Å². The zero-order chi connectivity index (χ0) is 22.4. The molecule has 1 amide bonds. The Balaban J connectivity index is 0.00000132. The van der Waals surface area contributed by atoms with Gasteiger partial charge in [-0.1, -0.05) is 32.0 Å². The van der Waals surface area contributed by atoms with Gasteiger partial charge in [-0.3, -0.25) is 9.48 Å². The van der Waals surface area contributed by atoms with Crippen LogP contribution in [0.4, 0.5) is 0 Å². The molecule has 0 bridgehead atoms. The molecule has 7 nitrogen and oxygen atoms in total. The van der Waals surface area contributed by atoms with Crippen molar-refractivity contribution in [3.8, 4) is 17.1 Å². The van der Waals surface area contributed by atoms with Gasteiger partial charge in [-0.15, -0.1) is 0 Å². The van der Waals surface area contributed by atoms with E-state index in [0.29, 0.717) is 18.7 Å². The van der Waals surface area contributed by atoms with Crippen molar-refractivity contribution in [1.29, 1.82) is 0 Å². The average Bonchev–Trinajstić information content (AvgIpc) is 3.41. The zero-order valence-corrected chi connectivity index (χ0v) is 18.6. The number of ether oxygens (including phenoxy) is 1. The van der Waals surface area contributed by atoms with Gasteiger partial charge in [-0.05, 0) is 42.7 Å². The van der Waals surface area contributed by atoms with Gasteiger partial charge >= 0.3 is 0 Å². The van der Waals surface area contributed by atoms with Gasteiger partial charge in [0.2, 0.25) is 0 Å². The first-order valence-corrected chi connectivity index (χ1v) is 10.3. The summed E-state index contributed by atoms with van der Waals surface area (Å²) in [7, 11) is 3.53. The summed E-state index contributed by atoms with van der Waals surface area (Å²) in [6.07, 6.45) is 3.95. The molecule has 0 saturated heterocycles. The Labute approximate surface area is 182 Å². The predicted molar refractivity (Wildman–Crippen MR) is 121 cm³/mol. The van der Waals surface area contributed by atoms with Crippen molar-refractivity contribution < 1.29 is 13.9 Å². The van der Waals surface area contributed by atoms with Crippen molar-refractivity contribution in [2.24, 2.45) is 7.05 Å². The summed E-state index contributed by atoms with van der Waals surface area (Å²) in [5.74, 6) is 0.957. The Morgan fingerprint density at radius 2 is 2.03 bits per heavy atom. The van der Waals surface area contributed by atoms with Crippen LogP contribution in [0.25, 0.3) is 22.2 Å². The summed E-state index contributed by atoms with van der Waals surface area (Å²) in [5, 5.41) is 8.52. The van der Waals surface area contributed by atoms with Crippen LogP contribution in [-0.2, 0) is 13.5 Å². The minimum atomic E-state index is -0.268. The van der Waals surface area contributed by atoms with Crippen LogP contribution < -0.4 is 10.1 Å². The molecule has 0 spiro atoms. The van der Waals surface area contributed by atoms with Crippen LogP contribution in [0.1, 0.15) is 35.5 Å². The molecule has 0 aliphatic carbocycles. The van der Waals surface area contributed by atoms with E-state index >= 15 is 0 Å². The first-order valence-electron chi connectivity index (χ1n) is 10.3. The maximum atomic E-state index is 12.7. The second-order valence-electron chi connectivity index (χ2n) is 6.88. The number of methoxy groups -OCH3 is 1. The van der Waals surface area contributed by atoms with E-state index in [1.807, 2.05) is 70.4 Å². The third-order valence-electron chi connectivity index (χ3n) is 4.85. The first kappa shape index (κ1) is 22.1. The third-order valence-corrected chi connectivity index (χ3v) is 4.85. The predicted octanol–water partition coefficient (Wildman–Crippen LogP) is 4.54. The molecule has 2 aromatic heterocycles. The number of aromatic nitrogens is 3. The highest BCUT2D eigenvalue weighted by Crippen LogP contribution is 2.28. The molecule has 0 aliphatic heterocycles. The lowest BCUT2D eigenvalue weighted by Crippen LogP contribution is -2.26. The second-order valence-corrected chi connectivity index (χ2v) is 6.88. The lowest BCUT2D eigenvalue weighted by molar-refractivity contribution is 0.0950. The first-order chi connectivity index (χ1) is 15.1. The van der Waals surface area contributed by atoms with Crippen LogP contribution in [0.2, 0.25) is 0 Å². The van der Waals surface area contributed by atoms with Gasteiger partial charge in [0.05, 0.1) is 12.6 Å². The number of oxazole rings is 1. The van der Waals surface area contributed by atoms with Crippen molar-refractivity contribution in [3.05, 3.63) is 65.8 Å². The monoisotopic (exact) mass is 420 g/mol. The van der Waals surface area contributed by atoms with E-state index < -0.39 is 0 Å². The smallest absolute Gasteiger partial charge is 0.273 e. The summed E-state index contributed by atoms with van der Waals surface area (Å²) in [6.45, 7) is 6.42. The Hall–Kier alpha value is -3.61. The number of amides is 1. The van der Waals surface area contributed by atoms with Crippen molar-refractivity contribution in [2.75, 3.05) is 13.7 Å². The van der Waals surface area contributed by atoms with E-state index in [9.17, 15) is 4.79 Å². The SMILES string of the molecule is CC.COc1ccc(-c2ocnc2C(=O)NCCc2cccc3cn(C)nc23)cc1C. The highest BCUT2D eigenvalue weighted by molar-refractivity contribution is 5.97. The number of aryl methyl sites for hydroxylation is 2. The number of rotatable bonds is 6. The maximum Gasteiger partial charge on any atom is 0.273 e. The van der Waals surface area contributed by atoms with E-state index in [1.165, 1.54) is 6.39 Å². The molecule has 4 rings (SSSR count). The van der Waals surface area contributed by atoms with Crippen LogP contribution in [0.3, 0.4) is 0 Å². The Kier molecular flexibility index (Phi) is 7.07. The standard InChI is InChI=1S/C22H22N4O3.C2H6/c1-14-11-16(7-8-18(14)28-3)21-20(24-13-29-21)22(27)23-10-9-15-5-4-6-17-12-26(2)25-19(15)17;1-2/h4-8,11-13H,9-10H2,1-3H3,(H,23,27);1-2H3. The summed E-state index contributed by atoms with van der Waals surface area (Å²) < 4.78 is 12.6. The number of carbonyl (C=O) groups is 1. The lowest BCUT2D eigenvalue weighted by Gasteiger charge is -2.08. The summed E-state index contributed by atoms with van der Waals surface area (Å²) in [6, 6.07) is 11.7. The molecule has 0 atom stereocenters. The number of benzene rings is 2. The molecule has 0 radical (unpaired) electrons. The minimum absolute atomic E-state index is 0.268. The largest absolute Gasteiger partial charge is 0.496 e. The molecule has 7 heteroatoms. The number of nitrogens with zero attached hydrogens (tertiary/aromatic N) is 3. The number of carbonyl (C=O) groups excluding carboxylic acids is 1. The summed E-state index contributed by atoms with van der Waals surface area (Å²) in [5.41, 5.74) is 4.06. The number of nitrogens with one attached hydrogen (secondary N) is 1. The van der Waals surface area contributed by atoms with Gasteiger partial charge in [0.15, 0.2) is 17.8 Å². The number of fused-ring (bicyclic) bond motifs is 1. The van der Waals surface area contributed by atoms with E-state index in [1.54, 1.807) is 11.8 Å². The zero-order valence-electron chi connectivity index (χ0n) is 18.6. The van der Waals surface area contributed by atoms with Gasteiger partial charge in [0.1, 0.15) is 5.75 Å². The highest BCUT2D eigenvalue weighted by atomic mass is 16.5. The Bertz CT molecular complexity index is 1180. The summed E-state index contributed by atoms with van der Waals surface area (Å²) in [4.78, 5) is 16.8. The normalized spacial score (nSPS) is 10.5. The van der Waals surface area contributed by atoms with Gasteiger partial charge in [0, 0.05) is 30.7 Å². The van der Waals surface area contributed by atoms with Crippen LogP contribution >= 0.6 is 0 Å². The molecule has 31 heavy (non-hydrogen) atoms. The molecule has 2 heterocycles. The summed E-state index contributed by atoms with van der Waals surface area (Å²) >= 11 is 0. The molecular weight excluding hydrogens is 392 g/mol. The molecule has 0 saturated carbocycles. The lowest BCUT2D eigenvalue weighted by atomic mass is 10.1. The third kappa shape index (κ3) is 4.77. The van der Waals surface area contributed by atoms with E-state index in [-0.39, 0.29) is 11.6 Å². The Morgan fingerprint density at radius 3 is 2.77 bits per heavy atom. The van der Waals surface area contributed by atoms with Crippen LogP contribution in [-0.4, -0.2) is 34.3 Å². The fourth-order valence-electron chi connectivity index (χ4n) is 3.45. The molecule has 162 valence electrons. The van der Waals surface area contributed by atoms with Crippen molar-refractivity contribution in [1.82, 2.24) is 20.1 Å². The molecule has 0 unspecified atom stereocenters. The molecular formula is C24H28N4O3. The molecule has 0 aliphatic rings. The molecule has 4 aromatic rings. The van der Waals surface area contributed by atoms with E-state index in [2.05, 4.69) is 15.4 Å². The van der Waals surface area contributed by atoms with Crippen LogP contribution in [0.5, 0.6) is 5.75 Å². The Morgan fingerprint density at radius 1 is 1.23 bits per heavy atom. The minimum Gasteiger partial charge on any atom is -0.496 e. The molecule has 2 aromatic carbocycles. The van der Waals surface area contributed by atoms with Crippen LogP contribution in [0.15, 0.2) is 53.4 Å².